The average Bonchev–Trinajstić information content (AvgIpc) is 2.84. The Balaban J connectivity index is 2.01. The van der Waals surface area contributed by atoms with Gasteiger partial charge in [-0.2, -0.15) is 0 Å². The minimum absolute atomic E-state index is 0.0998. The quantitative estimate of drug-likeness (QED) is 0.603. The van der Waals surface area contributed by atoms with Crippen molar-refractivity contribution in [1.82, 2.24) is 10.2 Å². The van der Waals surface area contributed by atoms with Crippen LogP contribution in [-0.2, 0) is 0 Å². The first-order chi connectivity index (χ1) is 9.99. The van der Waals surface area contributed by atoms with Gasteiger partial charge in [0.1, 0.15) is 12.4 Å². The van der Waals surface area contributed by atoms with Crippen LogP contribution in [0.25, 0.3) is 0 Å². The van der Waals surface area contributed by atoms with E-state index in [1.54, 1.807) is 4.90 Å². The molecule has 2 rings (SSSR count). The van der Waals surface area contributed by atoms with Crippen molar-refractivity contribution in [2.24, 2.45) is 0 Å². The molecule has 1 aromatic rings. The van der Waals surface area contributed by atoms with Crippen LogP contribution in [0.3, 0.4) is 0 Å². The number of nitro groups is 1. The van der Waals surface area contributed by atoms with E-state index in [1.165, 1.54) is 25.1 Å². The second kappa shape index (κ2) is 6.40. The van der Waals surface area contributed by atoms with Crippen molar-refractivity contribution in [2.45, 2.75) is 13.0 Å². The second-order valence-electron chi connectivity index (χ2n) is 4.72. The third-order valence-electron chi connectivity index (χ3n) is 3.22. The summed E-state index contributed by atoms with van der Waals surface area (Å²) >= 11 is 0. The van der Waals surface area contributed by atoms with Crippen molar-refractivity contribution in [2.75, 3.05) is 26.2 Å². The predicted molar refractivity (Wildman–Crippen MR) is 74.2 cm³/mol. The topological polar surface area (TPSA) is 105 Å². The number of non-ortho nitro benzene ring substituents is 1. The smallest absolute Gasteiger partial charge is 0.317 e. The molecular formula is C13H17N3O5. The fraction of sp³-hybridized carbons (Fsp3) is 0.462. The lowest BCUT2D eigenvalue weighted by molar-refractivity contribution is -0.385. The molecule has 0 saturated carbocycles. The van der Waals surface area contributed by atoms with Crippen LogP contribution in [0.4, 0.5) is 10.5 Å². The Morgan fingerprint density at radius 2 is 2.33 bits per heavy atom. The summed E-state index contributed by atoms with van der Waals surface area (Å²) in [6.45, 7) is 3.44. The van der Waals surface area contributed by atoms with Crippen molar-refractivity contribution < 1.29 is 19.6 Å². The van der Waals surface area contributed by atoms with Crippen LogP contribution in [0.15, 0.2) is 18.2 Å². The van der Waals surface area contributed by atoms with Gasteiger partial charge in [-0.05, 0) is 13.0 Å². The van der Waals surface area contributed by atoms with Crippen molar-refractivity contribution in [1.29, 1.82) is 0 Å². The lowest BCUT2D eigenvalue weighted by Crippen LogP contribution is -2.31. The third kappa shape index (κ3) is 3.60. The summed E-state index contributed by atoms with van der Waals surface area (Å²) < 4.78 is 5.54. The summed E-state index contributed by atoms with van der Waals surface area (Å²) in [5, 5.41) is 23.1. The van der Waals surface area contributed by atoms with E-state index in [9.17, 15) is 20.0 Å². The largest absolute Gasteiger partial charge is 0.491 e. The lowest BCUT2D eigenvalue weighted by atomic mass is 10.1. The summed E-state index contributed by atoms with van der Waals surface area (Å²) in [5.41, 5.74) is 0.257. The normalized spacial score (nSPS) is 15.7. The van der Waals surface area contributed by atoms with Gasteiger partial charge in [0.05, 0.1) is 17.6 Å². The molecule has 114 valence electrons. The Kier molecular flexibility index (Phi) is 4.59. The number of ether oxygens (including phenoxy) is 1. The molecule has 1 fully saturated rings. The summed E-state index contributed by atoms with van der Waals surface area (Å²) in [4.78, 5) is 23.2. The van der Waals surface area contributed by atoms with Crippen LogP contribution >= 0.6 is 0 Å². The van der Waals surface area contributed by atoms with Crippen molar-refractivity contribution in [3.8, 4) is 5.75 Å². The van der Waals surface area contributed by atoms with Crippen LogP contribution in [0.1, 0.15) is 18.6 Å². The number of benzene rings is 1. The van der Waals surface area contributed by atoms with Gasteiger partial charge in [0, 0.05) is 30.8 Å². The second-order valence-corrected chi connectivity index (χ2v) is 4.72. The van der Waals surface area contributed by atoms with E-state index in [4.69, 9.17) is 4.74 Å². The minimum Gasteiger partial charge on any atom is -0.491 e. The maximum absolute atomic E-state index is 11.4. The van der Waals surface area contributed by atoms with E-state index in [0.717, 1.165) is 0 Å². The van der Waals surface area contributed by atoms with E-state index in [0.29, 0.717) is 30.9 Å². The third-order valence-corrected chi connectivity index (χ3v) is 3.22. The van der Waals surface area contributed by atoms with Crippen LogP contribution in [0, 0.1) is 10.1 Å². The number of carbonyl (C=O) groups is 1. The van der Waals surface area contributed by atoms with Crippen molar-refractivity contribution in [3.05, 3.63) is 33.9 Å². The van der Waals surface area contributed by atoms with Gasteiger partial charge in [-0.15, -0.1) is 0 Å². The molecule has 1 unspecified atom stereocenters. The van der Waals surface area contributed by atoms with Gasteiger partial charge in [-0.25, -0.2) is 4.79 Å². The van der Waals surface area contributed by atoms with Crippen LogP contribution in [0.2, 0.25) is 0 Å². The zero-order valence-electron chi connectivity index (χ0n) is 11.6. The minimum atomic E-state index is -0.880. The fourth-order valence-corrected chi connectivity index (χ4v) is 2.10. The van der Waals surface area contributed by atoms with E-state index in [-0.39, 0.29) is 18.3 Å². The van der Waals surface area contributed by atoms with Gasteiger partial charge in [0.2, 0.25) is 0 Å². The van der Waals surface area contributed by atoms with Crippen LogP contribution < -0.4 is 10.1 Å². The maximum atomic E-state index is 11.4. The number of carbonyl (C=O) groups excluding carboxylic acids is 1. The number of hydrogen-bond acceptors (Lipinski definition) is 5. The number of nitrogens with zero attached hydrogens (tertiary/aromatic N) is 2. The first-order valence-electron chi connectivity index (χ1n) is 6.61. The summed E-state index contributed by atoms with van der Waals surface area (Å²) in [6.07, 6.45) is -0.880. The van der Waals surface area contributed by atoms with Crippen LogP contribution in [0.5, 0.6) is 5.75 Å². The van der Waals surface area contributed by atoms with Crippen molar-refractivity contribution >= 4 is 11.7 Å². The highest BCUT2D eigenvalue weighted by atomic mass is 16.6. The molecule has 1 saturated heterocycles. The van der Waals surface area contributed by atoms with E-state index < -0.39 is 11.0 Å². The Labute approximate surface area is 121 Å². The molecule has 1 aliphatic rings. The molecule has 0 bridgehead atoms. The van der Waals surface area contributed by atoms with Gasteiger partial charge in [-0.3, -0.25) is 10.1 Å². The number of hydrogen-bond donors (Lipinski definition) is 2. The van der Waals surface area contributed by atoms with E-state index in [1.807, 2.05) is 0 Å². The first-order valence-corrected chi connectivity index (χ1v) is 6.61. The molecule has 21 heavy (non-hydrogen) atoms. The van der Waals surface area contributed by atoms with Gasteiger partial charge < -0.3 is 20.1 Å². The highest BCUT2D eigenvalue weighted by Gasteiger charge is 2.20. The summed E-state index contributed by atoms with van der Waals surface area (Å²) in [5.74, 6) is 0.384. The predicted octanol–water partition coefficient (Wildman–Crippen LogP) is 1.05. The number of nitrogens with one attached hydrogen (secondary N) is 1. The molecule has 0 spiro atoms. The molecule has 1 atom stereocenters. The molecule has 2 amide bonds. The zero-order chi connectivity index (χ0) is 15.4. The molecule has 1 aliphatic heterocycles. The Morgan fingerprint density at radius 1 is 1.57 bits per heavy atom. The van der Waals surface area contributed by atoms with Crippen LogP contribution in [-0.4, -0.2) is 47.2 Å². The molecule has 8 nitrogen and oxygen atoms in total. The lowest BCUT2D eigenvalue weighted by Gasteiger charge is -2.17. The fourth-order valence-electron chi connectivity index (χ4n) is 2.10. The monoisotopic (exact) mass is 295 g/mol. The van der Waals surface area contributed by atoms with Gasteiger partial charge in [0.25, 0.3) is 5.69 Å². The SMILES string of the molecule is CC(O)c1cc([N+](=O)[O-])ccc1OCCN1CCNC1=O. The highest BCUT2D eigenvalue weighted by molar-refractivity contribution is 5.76. The Morgan fingerprint density at radius 3 is 2.90 bits per heavy atom. The number of aliphatic hydroxyl groups is 1. The standard InChI is InChI=1S/C13H17N3O5/c1-9(17)11-8-10(16(19)20)2-3-12(11)21-7-6-15-5-4-14-13(15)18/h2-3,8-9,17H,4-7H2,1H3,(H,14,18). The molecule has 1 aromatic carbocycles. The Hall–Kier alpha value is -2.35. The van der Waals surface area contributed by atoms with Gasteiger partial charge >= 0.3 is 6.03 Å². The number of nitro benzene ring substituents is 1. The molecule has 2 N–H and O–H groups in total. The molecule has 0 aromatic heterocycles. The number of rotatable bonds is 6. The van der Waals surface area contributed by atoms with E-state index >= 15 is 0 Å². The average molecular weight is 295 g/mol. The zero-order valence-corrected chi connectivity index (χ0v) is 11.6. The number of urea groups is 1. The summed E-state index contributed by atoms with van der Waals surface area (Å²) in [6, 6.07) is 3.95. The van der Waals surface area contributed by atoms with Crippen molar-refractivity contribution in [3.63, 3.8) is 0 Å². The molecule has 0 radical (unpaired) electrons. The molecule has 0 aliphatic carbocycles. The van der Waals surface area contributed by atoms with Gasteiger partial charge in [-0.1, -0.05) is 0 Å². The first kappa shape index (κ1) is 15.0. The summed E-state index contributed by atoms with van der Waals surface area (Å²) in [7, 11) is 0. The number of amides is 2. The van der Waals surface area contributed by atoms with E-state index in [2.05, 4.69) is 5.32 Å². The molecular weight excluding hydrogens is 278 g/mol. The molecule has 8 heteroatoms. The molecule has 1 heterocycles. The Bertz CT molecular complexity index is 547. The maximum Gasteiger partial charge on any atom is 0.317 e. The highest BCUT2D eigenvalue weighted by Crippen LogP contribution is 2.29. The number of aliphatic hydroxyl groups excluding tert-OH is 1. The van der Waals surface area contributed by atoms with Gasteiger partial charge in [0.15, 0.2) is 0 Å².